The fourth-order valence-corrected chi connectivity index (χ4v) is 5.27. The second kappa shape index (κ2) is 8.83. The molecule has 0 bridgehead atoms. The zero-order chi connectivity index (χ0) is 21.2. The SMILES string of the molecule is Cc1noc(C)c1CN(C)CC(=O)N1CCN(S(=O)(=O)c2ccccc2Cl)CC1. The summed E-state index contributed by atoms with van der Waals surface area (Å²) in [6, 6.07) is 6.40. The van der Waals surface area contributed by atoms with Crippen LogP contribution in [-0.2, 0) is 21.4 Å². The van der Waals surface area contributed by atoms with Crippen LogP contribution >= 0.6 is 11.6 Å². The number of amides is 1. The number of likely N-dealkylation sites (N-methyl/N-ethyl adjacent to an activating group) is 1. The molecule has 29 heavy (non-hydrogen) atoms. The molecule has 0 unspecified atom stereocenters. The molecule has 0 N–H and O–H groups in total. The molecule has 1 saturated heterocycles. The number of aryl methyl sites for hydroxylation is 2. The molecule has 2 heterocycles. The Morgan fingerprint density at radius 3 is 2.45 bits per heavy atom. The maximum absolute atomic E-state index is 12.8. The Morgan fingerprint density at radius 1 is 1.21 bits per heavy atom. The lowest BCUT2D eigenvalue weighted by Crippen LogP contribution is -2.52. The third kappa shape index (κ3) is 4.80. The Hall–Kier alpha value is -1.94. The molecule has 3 rings (SSSR count). The van der Waals surface area contributed by atoms with E-state index in [4.69, 9.17) is 16.1 Å². The minimum absolute atomic E-state index is 0.0333. The molecule has 1 aromatic heterocycles. The molecule has 1 amide bonds. The molecule has 0 saturated carbocycles. The highest BCUT2D eigenvalue weighted by Crippen LogP contribution is 2.25. The van der Waals surface area contributed by atoms with Crippen molar-refractivity contribution in [3.63, 3.8) is 0 Å². The second-order valence-corrected chi connectivity index (χ2v) is 9.50. The summed E-state index contributed by atoms with van der Waals surface area (Å²) in [4.78, 5) is 16.3. The third-order valence-electron chi connectivity index (χ3n) is 5.06. The van der Waals surface area contributed by atoms with Gasteiger partial charge in [0.2, 0.25) is 15.9 Å². The van der Waals surface area contributed by atoms with Crippen molar-refractivity contribution >= 4 is 27.5 Å². The summed E-state index contributed by atoms with van der Waals surface area (Å²) >= 11 is 6.06. The predicted octanol–water partition coefficient (Wildman–Crippen LogP) is 1.91. The molecule has 1 aliphatic rings. The van der Waals surface area contributed by atoms with Gasteiger partial charge in [-0.05, 0) is 33.0 Å². The molecule has 0 radical (unpaired) electrons. The average Bonchev–Trinajstić information content (AvgIpc) is 3.00. The predicted molar refractivity (Wildman–Crippen MR) is 109 cm³/mol. The Bertz CT molecular complexity index is 964. The molecule has 1 aromatic carbocycles. The van der Waals surface area contributed by atoms with Crippen LogP contribution in [0.5, 0.6) is 0 Å². The first kappa shape index (κ1) is 21.8. The van der Waals surface area contributed by atoms with Crippen molar-refractivity contribution in [2.24, 2.45) is 0 Å². The zero-order valence-electron chi connectivity index (χ0n) is 16.8. The maximum atomic E-state index is 12.8. The van der Waals surface area contributed by atoms with Crippen LogP contribution in [0, 0.1) is 13.8 Å². The molecular formula is C19H25ClN4O4S. The van der Waals surface area contributed by atoms with Crippen LogP contribution < -0.4 is 0 Å². The summed E-state index contributed by atoms with van der Waals surface area (Å²) in [5.74, 6) is 0.717. The smallest absolute Gasteiger partial charge is 0.244 e. The molecule has 0 spiro atoms. The lowest BCUT2D eigenvalue weighted by molar-refractivity contribution is -0.133. The Balaban J connectivity index is 1.56. The van der Waals surface area contributed by atoms with Crippen LogP contribution in [0.3, 0.4) is 0 Å². The molecule has 1 aliphatic heterocycles. The minimum atomic E-state index is -3.67. The number of nitrogens with zero attached hydrogens (tertiary/aromatic N) is 4. The van der Waals surface area contributed by atoms with E-state index in [0.29, 0.717) is 19.6 Å². The molecule has 2 aromatic rings. The average molecular weight is 441 g/mol. The fraction of sp³-hybridized carbons (Fsp3) is 0.474. The van der Waals surface area contributed by atoms with Crippen LogP contribution in [0.4, 0.5) is 0 Å². The van der Waals surface area contributed by atoms with E-state index in [2.05, 4.69) is 5.16 Å². The first-order valence-corrected chi connectivity index (χ1v) is 11.1. The molecule has 0 atom stereocenters. The van der Waals surface area contributed by atoms with Crippen molar-refractivity contribution in [1.29, 1.82) is 0 Å². The van der Waals surface area contributed by atoms with Crippen LogP contribution in [0.25, 0.3) is 0 Å². The highest BCUT2D eigenvalue weighted by atomic mass is 35.5. The second-order valence-electron chi connectivity index (χ2n) is 7.19. The van der Waals surface area contributed by atoms with Crippen LogP contribution in [0.1, 0.15) is 17.0 Å². The summed E-state index contributed by atoms with van der Waals surface area (Å²) < 4.78 is 32.2. The third-order valence-corrected chi connectivity index (χ3v) is 7.46. The summed E-state index contributed by atoms with van der Waals surface area (Å²) in [6.45, 7) is 5.71. The number of hydrogen-bond acceptors (Lipinski definition) is 6. The van der Waals surface area contributed by atoms with Crippen LogP contribution in [-0.4, -0.2) is 73.4 Å². The lowest BCUT2D eigenvalue weighted by atomic mass is 10.2. The summed E-state index contributed by atoms with van der Waals surface area (Å²) in [7, 11) is -1.81. The van der Waals surface area contributed by atoms with Crippen molar-refractivity contribution in [1.82, 2.24) is 19.3 Å². The van der Waals surface area contributed by atoms with Crippen molar-refractivity contribution in [2.75, 3.05) is 39.8 Å². The maximum Gasteiger partial charge on any atom is 0.244 e. The van der Waals surface area contributed by atoms with Crippen LogP contribution in [0.15, 0.2) is 33.7 Å². The summed E-state index contributed by atoms with van der Waals surface area (Å²) in [6.07, 6.45) is 0. The summed E-state index contributed by atoms with van der Waals surface area (Å²) in [5.41, 5.74) is 1.80. The zero-order valence-corrected chi connectivity index (χ0v) is 18.3. The quantitative estimate of drug-likeness (QED) is 0.682. The van der Waals surface area contributed by atoms with Crippen molar-refractivity contribution < 1.29 is 17.7 Å². The van der Waals surface area contributed by atoms with Gasteiger partial charge in [-0.3, -0.25) is 9.69 Å². The number of benzene rings is 1. The highest BCUT2D eigenvalue weighted by Gasteiger charge is 2.31. The van der Waals surface area contributed by atoms with Gasteiger partial charge < -0.3 is 9.42 Å². The van der Waals surface area contributed by atoms with Crippen molar-refractivity contribution in [3.05, 3.63) is 46.3 Å². The van der Waals surface area contributed by atoms with Gasteiger partial charge in [0.1, 0.15) is 10.7 Å². The normalized spacial score (nSPS) is 15.8. The van der Waals surface area contributed by atoms with E-state index in [-0.39, 0.29) is 35.5 Å². The number of sulfonamides is 1. The standard InChI is InChI=1S/C19H25ClN4O4S/c1-14-16(15(2)28-21-14)12-22(3)13-19(25)23-8-10-24(11-9-23)29(26,27)18-7-5-4-6-17(18)20/h4-7H,8-13H2,1-3H3. The van der Waals surface area contributed by atoms with Crippen molar-refractivity contribution in [3.8, 4) is 0 Å². The molecule has 1 fully saturated rings. The van der Waals surface area contributed by atoms with Gasteiger partial charge in [0, 0.05) is 38.3 Å². The van der Waals surface area contributed by atoms with E-state index in [1.807, 2.05) is 25.8 Å². The van der Waals surface area contributed by atoms with Crippen molar-refractivity contribution in [2.45, 2.75) is 25.3 Å². The Labute approximate surface area is 176 Å². The highest BCUT2D eigenvalue weighted by molar-refractivity contribution is 7.89. The lowest BCUT2D eigenvalue weighted by Gasteiger charge is -2.35. The molecule has 10 heteroatoms. The fourth-order valence-electron chi connectivity index (χ4n) is 3.36. The molecule has 158 valence electrons. The van der Waals surface area contributed by atoms with E-state index in [1.165, 1.54) is 10.4 Å². The van der Waals surface area contributed by atoms with Gasteiger partial charge in [0.15, 0.2) is 0 Å². The van der Waals surface area contributed by atoms with Gasteiger partial charge in [-0.25, -0.2) is 8.42 Å². The van der Waals surface area contributed by atoms with Gasteiger partial charge in [0.25, 0.3) is 0 Å². The number of carbonyl (C=O) groups is 1. The van der Waals surface area contributed by atoms with E-state index in [0.717, 1.165) is 17.0 Å². The van der Waals surface area contributed by atoms with E-state index in [1.54, 1.807) is 23.1 Å². The summed E-state index contributed by atoms with van der Waals surface area (Å²) in [5, 5.41) is 4.13. The largest absolute Gasteiger partial charge is 0.361 e. The number of piperazine rings is 1. The van der Waals surface area contributed by atoms with Crippen LogP contribution in [0.2, 0.25) is 5.02 Å². The van der Waals surface area contributed by atoms with E-state index in [9.17, 15) is 13.2 Å². The number of aromatic nitrogens is 1. The van der Waals surface area contributed by atoms with Gasteiger partial charge in [-0.15, -0.1) is 0 Å². The van der Waals surface area contributed by atoms with Gasteiger partial charge in [-0.1, -0.05) is 28.9 Å². The number of halogens is 1. The number of carbonyl (C=O) groups excluding carboxylic acids is 1. The van der Waals surface area contributed by atoms with E-state index >= 15 is 0 Å². The first-order valence-electron chi connectivity index (χ1n) is 9.33. The van der Waals surface area contributed by atoms with Gasteiger partial charge in [-0.2, -0.15) is 4.31 Å². The number of hydrogen-bond donors (Lipinski definition) is 0. The van der Waals surface area contributed by atoms with Gasteiger partial charge in [0.05, 0.1) is 17.3 Å². The molecule has 0 aliphatic carbocycles. The first-order chi connectivity index (χ1) is 13.7. The van der Waals surface area contributed by atoms with Gasteiger partial charge >= 0.3 is 0 Å². The minimum Gasteiger partial charge on any atom is -0.361 e. The monoisotopic (exact) mass is 440 g/mol. The Kier molecular flexibility index (Phi) is 6.62. The molecular weight excluding hydrogens is 416 g/mol. The van der Waals surface area contributed by atoms with E-state index < -0.39 is 10.0 Å². The Morgan fingerprint density at radius 2 is 1.86 bits per heavy atom. The topological polar surface area (TPSA) is 87.0 Å². The number of rotatable bonds is 6. The molecule has 8 nitrogen and oxygen atoms in total.